The number of nitrogens with zero attached hydrogens (tertiary/aromatic N) is 2. The van der Waals surface area contributed by atoms with Crippen molar-refractivity contribution in [3.63, 3.8) is 0 Å². The Labute approximate surface area is 92.5 Å². The number of rotatable bonds is 3. The molecule has 0 atom stereocenters. The summed E-state index contributed by atoms with van der Waals surface area (Å²) in [5, 5.41) is 6.69. The molecular weight excluding hydrogens is 209 g/mol. The Bertz CT molecular complexity index is 496. The standard InChI is InChI=1S/C11H12FN3O/c1-3-13-11-14-10(15-16-11)9-6-8(12)5-4-7(9)2/h4-6H,3H2,1-2H3,(H,13,14,15). The first-order valence-corrected chi connectivity index (χ1v) is 5.05. The minimum Gasteiger partial charge on any atom is -0.338 e. The number of aryl methyl sites for hydroxylation is 1. The predicted molar refractivity (Wildman–Crippen MR) is 58.6 cm³/mol. The van der Waals surface area contributed by atoms with E-state index in [-0.39, 0.29) is 5.82 Å². The molecule has 1 heterocycles. The summed E-state index contributed by atoms with van der Waals surface area (Å²) in [5.74, 6) is 0.0864. The van der Waals surface area contributed by atoms with E-state index in [0.717, 1.165) is 5.56 Å². The van der Waals surface area contributed by atoms with Crippen LogP contribution in [0.2, 0.25) is 0 Å². The van der Waals surface area contributed by atoms with Gasteiger partial charge in [0, 0.05) is 12.1 Å². The Kier molecular flexibility index (Phi) is 2.85. The number of anilines is 1. The quantitative estimate of drug-likeness (QED) is 0.865. The van der Waals surface area contributed by atoms with Gasteiger partial charge in [0.05, 0.1) is 0 Å². The van der Waals surface area contributed by atoms with Gasteiger partial charge in [0.1, 0.15) is 5.82 Å². The molecule has 0 saturated carbocycles. The van der Waals surface area contributed by atoms with Gasteiger partial charge in [-0.3, -0.25) is 0 Å². The molecule has 0 bridgehead atoms. The van der Waals surface area contributed by atoms with Gasteiger partial charge in [-0.25, -0.2) is 4.39 Å². The van der Waals surface area contributed by atoms with Gasteiger partial charge < -0.3 is 9.84 Å². The van der Waals surface area contributed by atoms with E-state index in [1.165, 1.54) is 12.1 Å². The number of halogens is 1. The first kappa shape index (κ1) is 10.6. The predicted octanol–water partition coefficient (Wildman–Crippen LogP) is 2.62. The van der Waals surface area contributed by atoms with Crippen LogP contribution < -0.4 is 5.32 Å². The summed E-state index contributed by atoms with van der Waals surface area (Å²) in [7, 11) is 0. The van der Waals surface area contributed by atoms with Crippen molar-refractivity contribution in [1.29, 1.82) is 0 Å². The second-order valence-corrected chi connectivity index (χ2v) is 3.41. The number of aromatic nitrogens is 2. The van der Waals surface area contributed by atoms with Crippen molar-refractivity contribution in [1.82, 2.24) is 10.1 Å². The van der Waals surface area contributed by atoms with Crippen LogP contribution in [0.15, 0.2) is 22.7 Å². The van der Waals surface area contributed by atoms with Crippen molar-refractivity contribution in [3.8, 4) is 11.4 Å². The van der Waals surface area contributed by atoms with E-state index >= 15 is 0 Å². The summed E-state index contributed by atoms with van der Waals surface area (Å²) in [5.41, 5.74) is 1.55. The van der Waals surface area contributed by atoms with Crippen LogP contribution in [-0.2, 0) is 0 Å². The minimum atomic E-state index is -0.310. The van der Waals surface area contributed by atoms with Crippen LogP contribution in [-0.4, -0.2) is 16.7 Å². The molecule has 1 N–H and O–H groups in total. The molecule has 0 aliphatic carbocycles. The van der Waals surface area contributed by atoms with Crippen LogP contribution in [0.25, 0.3) is 11.4 Å². The van der Waals surface area contributed by atoms with Crippen LogP contribution in [0, 0.1) is 12.7 Å². The van der Waals surface area contributed by atoms with E-state index in [0.29, 0.717) is 23.9 Å². The van der Waals surface area contributed by atoms with Gasteiger partial charge in [0.2, 0.25) is 5.82 Å². The minimum absolute atomic E-state index is 0.310. The fourth-order valence-electron chi connectivity index (χ4n) is 1.39. The van der Waals surface area contributed by atoms with Crippen molar-refractivity contribution in [2.75, 3.05) is 11.9 Å². The molecule has 0 amide bonds. The van der Waals surface area contributed by atoms with E-state index in [2.05, 4.69) is 15.5 Å². The van der Waals surface area contributed by atoms with E-state index in [1.54, 1.807) is 6.07 Å². The Morgan fingerprint density at radius 2 is 2.25 bits per heavy atom. The maximum Gasteiger partial charge on any atom is 0.321 e. The molecule has 0 aliphatic rings. The largest absolute Gasteiger partial charge is 0.338 e. The summed E-state index contributed by atoms with van der Waals surface area (Å²) in [6.45, 7) is 4.50. The lowest BCUT2D eigenvalue weighted by atomic mass is 10.1. The highest BCUT2D eigenvalue weighted by Crippen LogP contribution is 2.22. The van der Waals surface area contributed by atoms with E-state index in [9.17, 15) is 4.39 Å². The van der Waals surface area contributed by atoms with Crippen LogP contribution in [0.1, 0.15) is 12.5 Å². The van der Waals surface area contributed by atoms with Crippen molar-refractivity contribution in [2.24, 2.45) is 0 Å². The molecule has 0 fully saturated rings. The lowest BCUT2D eigenvalue weighted by molar-refractivity contribution is 0.432. The van der Waals surface area contributed by atoms with Crippen LogP contribution in [0.5, 0.6) is 0 Å². The molecule has 5 heteroatoms. The van der Waals surface area contributed by atoms with Crippen LogP contribution >= 0.6 is 0 Å². The van der Waals surface area contributed by atoms with Gasteiger partial charge in [-0.15, -0.1) is 0 Å². The third kappa shape index (κ3) is 2.03. The summed E-state index contributed by atoms with van der Waals surface area (Å²) in [6.07, 6.45) is 0. The molecule has 1 aromatic carbocycles. The molecule has 4 nitrogen and oxygen atoms in total. The van der Waals surface area contributed by atoms with Gasteiger partial charge in [-0.05, 0) is 31.5 Å². The van der Waals surface area contributed by atoms with Crippen molar-refractivity contribution in [2.45, 2.75) is 13.8 Å². The molecule has 2 rings (SSSR count). The van der Waals surface area contributed by atoms with Gasteiger partial charge in [0.15, 0.2) is 0 Å². The number of hydrogen-bond donors (Lipinski definition) is 1. The second-order valence-electron chi connectivity index (χ2n) is 3.41. The molecule has 0 saturated heterocycles. The van der Waals surface area contributed by atoms with Gasteiger partial charge >= 0.3 is 6.01 Å². The average Bonchev–Trinajstić information content (AvgIpc) is 2.71. The highest BCUT2D eigenvalue weighted by molar-refractivity contribution is 5.60. The number of benzene rings is 1. The Morgan fingerprint density at radius 3 is 3.00 bits per heavy atom. The Hall–Kier alpha value is -1.91. The molecule has 16 heavy (non-hydrogen) atoms. The molecule has 0 unspecified atom stereocenters. The first-order valence-electron chi connectivity index (χ1n) is 5.05. The van der Waals surface area contributed by atoms with E-state index < -0.39 is 0 Å². The third-order valence-corrected chi connectivity index (χ3v) is 2.19. The second kappa shape index (κ2) is 4.30. The monoisotopic (exact) mass is 221 g/mol. The topological polar surface area (TPSA) is 51.0 Å². The zero-order valence-corrected chi connectivity index (χ0v) is 9.12. The Balaban J connectivity index is 2.38. The lowest BCUT2D eigenvalue weighted by Crippen LogP contribution is -1.96. The van der Waals surface area contributed by atoms with Crippen LogP contribution in [0.3, 0.4) is 0 Å². The SMILES string of the molecule is CCNc1nc(-c2cc(F)ccc2C)no1. The van der Waals surface area contributed by atoms with Gasteiger partial charge in [-0.2, -0.15) is 4.98 Å². The zero-order chi connectivity index (χ0) is 11.5. The van der Waals surface area contributed by atoms with Gasteiger partial charge in [0.25, 0.3) is 0 Å². The maximum atomic E-state index is 13.1. The molecule has 84 valence electrons. The highest BCUT2D eigenvalue weighted by atomic mass is 19.1. The number of hydrogen-bond acceptors (Lipinski definition) is 4. The van der Waals surface area contributed by atoms with E-state index in [1.807, 2.05) is 13.8 Å². The maximum absolute atomic E-state index is 13.1. The van der Waals surface area contributed by atoms with Crippen molar-refractivity contribution >= 4 is 6.01 Å². The van der Waals surface area contributed by atoms with Gasteiger partial charge in [-0.1, -0.05) is 11.2 Å². The normalized spacial score (nSPS) is 10.4. The lowest BCUT2D eigenvalue weighted by Gasteiger charge is -1.99. The van der Waals surface area contributed by atoms with Crippen LogP contribution in [0.4, 0.5) is 10.4 Å². The fourth-order valence-corrected chi connectivity index (χ4v) is 1.39. The fraction of sp³-hybridized carbons (Fsp3) is 0.273. The molecule has 2 aromatic rings. The molecule has 0 spiro atoms. The summed E-state index contributed by atoms with van der Waals surface area (Å²) >= 11 is 0. The zero-order valence-electron chi connectivity index (χ0n) is 9.12. The smallest absolute Gasteiger partial charge is 0.321 e. The van der Waals surface area contributed by atoms with E-state index in [4.69, 9.17) is 4.52 Å². The summed E-state index contributed by atoms with van der Waals surface area (Å²) < 4.78 is 18.0. The average molecular weight is 221 g/mol. The third-order valence-electron chi connectivity index (χ3n) is 2.19. The molecular formula is C11H12FN3O. The molecule has 0 radical (unpaired) electrons. The molecule has 1 aromatic heterocycles. The Morgan fingerprint density at radius 1 is 1.44 bits per heavy atom. The van der Waals surface area contributed by atoms with Crippen molar-refractivity contribution in [3.05, 3.63) is 29.6 Å². The number of nitrogens with one attached hydrogen (secondary N) is 1. The molecule has 0 aliphatic heterocycles. The summed E-state index contributed by atoms with van der Waals surface area (Å²) in [6, 6.07) is 4.84. The highest BCUT2D eigenvalue weighted by Gasteiger charge is 2.10. The van der Waals surface area contributed by atoms with Crippen molar-refractivity contribution < 1.29 is 8.91 Å². The first-order chi connectivity index (χ1) is 7.70. The summed E-state index contributed by atoms with van der Waals surface area (Å²) in [4.78, 5) is 4.12.